The summed E-state index contributed by atoms with van der Waals surface area (Å²) in [6.07, 6.45) is 0.302. The number of methoxy groups -OCH3 is 1. The Labute approximate surface area is 198 Å². The lowest BCUT2D eigenvalue weighted by Gasteiger charge is -2.19. The molecular formula is C26H24N2O5S. The van der Waals surface area contributed by atoms with Gasteiger partial charge in [0.05, 0.1) is 17.7 Å². The summed E-state index contributed by atoms with van der Waals surface area (Å²) in [5.74, 6) is -0.416. The van der Waals surface area contributed by atoms with Crippen LogP contribution < -0.4 is 14.8 Å². The molecule has 3 N–H and O–H groups in total. The van der Waals surface area contributed by atoms with Crippen molar-refractivity contribution in [2.45, 2.75) is 17.4 Å². The molecule has 0 amide bonds. The number of benzene rings is 4. The number of ether oxygens (including phenoxy) is 1. The van der Waals surface area contributed by atoms with Gasteiger partial charge in [0.1, 0.15) is 11.8 Å². The van der Waals surface area contributed by atoms with Gasteiger partial charge in [0.15, 0.2) is 0 Å². The molecule has 0 aliphatic rings. The van der Waals surface area contributed by atoms with Gasteiger partial charge in [-0.05, 0) is 42.0 Å². The van der Waals surface area contributed by atoms with Gasteiger partial charge in [0.25, 0.3) is 10.0 Å². The van der Waals surface area contributed by atoms with Crippen molar-refractivity contribution in [2.24, 2.45) is 0 Å². The normalized spacial score (nSPS) is 12.1. The molecule has 0 fully saturated rings. The highest BCUT2D eigenvalue weighted by atomic mass is 32.2. The van der Waals surface area contributed by atoms with Crippen molar-refractivity contribution < 1.29 is 23.1 Å². The van der Waals surface area contributed by atoms with E-state index in [1.54, 1.807) is 36.4 Å². The first-order valence-electron chi connectivity index (χ1n) is 10.6. The predicted octanol–water partition coefficient (Wildman–Crippen LogP) is 4.76. The van der Waals surface area contributed by atoms with Gasteiger partial charge in [-0.1, -0.05) is 54.6 Å². The number of fused-ring (bicyclic) bond motifs is 1. The molecular weight excluding hydrogens is 452 g/mol. The molecule has 0 spiro atoms. The summed E-state index contributed by atoms with van der Waals surface area (Å²) in [7, 11) is -2.33. The minimum absolute atomic E-state index is 0.105. The van der Waals surface area contributed by atoms with E-state index >= 15 is 0 Å². The van der Waals surface area contributed by atoms with E-state index in [-0.39, 0.29) is 4.90 Å². The van der Waals surface area contributed by atoms with Gasteiger partial charge in [0, 0.05) is 22.9 Å². The molecule has 0 heterocycles. The van der Waals surface area contributed by atoms with Crippen LogP contribution in [0.5, 0.6) is 5.75 Å². The van der Waals surface area contributed by atoms with E-state index in [9.17, 15) is 18.3 Å². The number of nitrogens with one attached hydrogen (secondary N) is 2. The molecule has 8 heteroatoms. The lowest BCUT2D eigenvalue weighted by molar-refractivity contribution is -0.137. The first kappa shape index (κ1) is 23.1. The van der Waals surface area contributed by atoms with E-state index in [0.717, 1.165) is 5.56 Å². The van der Waals surface area contributed by atoms with Crippen LogP contribution in [0.3, 0.4) is 0 Å². The topological polar surface area (TPSA) is 105 Å². The Bertz CT molecular complexity index is 1400. The van der Waals surface area contributed by atoms with Crippen molar-refractivity contribution in [3.63, 3.8) is 0 Å². The summed E-state index contributed by atoms with van der Waals surface area (Å²) in [4.78, 5) is 12.0. The lowest BCUT2D eigenvalue weighted by Crippen LogP contribution is -2.31. The minimum atomic E-state index is -3.84. The summed E-state index contributed by atoms with van der Waals surface area (Å²) in [6.45, 7) is 0. The largest absolute Gasteiger partial charge is 0.497 e. The van der Waals surface area contributed by atoms with E-state index in [0.29, 0.717) is 34.3 Å². The number of hydrogen-bond acceptors (Lipinski definition) is 5. The number of carbonyl (C=O) groups is 1. The molecule has 34 heavy (non-hydrogen) atoms. The van der Waals surface area contributed by atoms with Gasteiger partial charge in [-0.15, -0.1) is 0 Å². The third kappa shape index (κ3) is 5.13. The molecule has 4 rings (SSSR count). The maximum Gasteiger partial charge on any atom is 0.326 e. The molecule has 1 atom stereocenters. The zero-order chi connectivity index (χ0) is 24.1. The SMILES string of the molecule is COc1ccc(S(=O)(=O)Nc2ccc(NC(Cc3ccccc3)C(=O)O)c3ccccc23)cc1. The maximum atomic E-state index is 13.0. The minimum Gasteiger partial charge on any atom is -0.497 e. The Hall–Kier alpha value is -4.04. The van der Waals surface area contributed by atoms with Crippen LogP contribution in [0, 0.1) is 0 Å². The van der Waals surface area contributed by atoms with Crippen molar-refractivity contribution in [3.05, 3.63) is 96.6 Å². The van der Waals surface area contributed by atoms with Gasteiger partial charge in [0.2, 0.25) is 0 Å². The van der Waals surface area contributed by atoms with E-state index in [4.69, 9.17) is 4.74 Å². The molecule has 4 aromatic carbocycles. The summed E-state index contributed by atoms with van der Waals surface area (Å²) in [6, 6.07) is 25.2. The summed E-state index contributed by atoms with van der Waals surface area (Å²) in [5.41, 5.74) is 1.90. The van der Waals surface area contributed by atoms with Gasteiger partial charge >= 0.3 is 5.97 Å². The molecule has 4 aromatic rings. The Kier molecular flexibility index (Phi) is 6.70. The van der Waals surface area contributed by atoms with Crippen LogP contribution in [0.25, 0.3) is 10.8 Å². The van der Waals surface area contributed by atoms with Crippen molar-refractivity contribution in [1.29, 1.82) is 0 Å². The molecule has 174 valence electrons. The smallest absolute Gasteiger partial charge is 0.326 e. The zero-order valence-electron chi connectivity index (χ0n) is 18.4. The van der Waals surface area contributed by atoms with Gasteiger partial charge in [-0.25, -0.2) is 13.2 Å². The Morgan fingerprint density at radius 3 is 2.06 bits per heavy atom. The highest BCUT2D eigenvalue weighted by Crippen LogP contribution is 2.32. The van der Waals surface area contributed by atoms with Crippen molar-refractivity contribution >= 4 is 38.1 Å². The fraction of sp³-hybridized carbons (Fsp3) is 0.115. The number of aliphatic carboxylic acids is 1. The van der Waals surface area contributed by atoms with Crippen molar-refractivity contribution in [1.82, 2.24) is 0 Å². The van der Waals surface area contributed by atoms with E-state index in [2.05, 4.69) is 10.0 Å². The van der Waals surface area contributed by atoms with Crippen molar-refractivity contribution in [3.8, 4) is 5.75 Å². The second-order valence-corrected chi connectivity index (χ2v) is 9.39. The van der Waals surface area contributed by atoms with Crippen LogP contribution in [0.2, 0.25) is 0 Å². The van der Waals surface area contributed by atoms with Crippen LogP contribution in [-0.4, -0.2) is 32.6 Å². The highest BCUT2D eigenvalue weighted by Gasteiger charge is 2.20. The number of rotatable bonds is 9. The number of carboxylic acids is 1. The fourth-order valence-corrected chi connectivity index (χ4v) is 4.79. The first-order chi connectivity index (χ1) is 16.4. The number of hydrogen-bond donors (Lipinski definition) is 3. The van der Waals surface area contributed by atoms with Crippen LogP contribution >= 0.6 is 0 Å². The molecule has 0 saturated carbocycles. The third-order valence-electron chi connectivity index (χ3n) is 5.45. The Morgan fingerprint density at radius 1 is 0.853 bits per heavy atom. The molecule has 0 radical (unpaired) electrons. The number of carboxylic acid groups (broad SMARTS) is 1. The summed E-state index contributed by atoms with van der Waals surface area (Å²) >= 11 is 0. The van der Waals surface area contributed by atoms with Crippen molar-refractivity contribution in [2.75, 3.05) is 17.1 Å². The standard InChI is InChI=1S/C26H24N2O5S/c1-33-19-11-13-20(14-12-19)34(31,32)28-24-16-15-23(21-9-5-6-10-22(21)24)27-25(26(29)30)17-18-7-3-2-4-8-18/h2-16,25,27-28H,17H2,1H3,(H,29,30). The number of anilines is 2. The van der Waals surface area contributed by atoms with Crippen LogP contribution in [0.15, 0.2) is 95.9 Å². The van der Waals surface area contributed by atoms with Crippen LogP contribution in [-0.2, 0) is 21.2 Å². The summed E-state index contributed by atoms with van der Waals surface area (Å²) in [5, 5.41) is 14.2. The van der Waals surface area contributed by atoms with Gasteiger partial charge in [-0.2, -0.15) is 0 Å². The summed E-state index contributed by atoms with van der Waals surface area (Å²) < 4.78 is 33.6. The molecule has 0 aliphatic carbocycles. The Balaban J connectivity index is 1.64. The number of sulfonamides is 1. The maximum absolute atomic E-state index is 13.0. The molecule has 1 unspecified atom stereocenters. The average molecular weight is 477 g/mol. The predicted molar refractivity (Wildman–Crippen MR) is 133 cm³/mol. The van der Waals surface area contributed by atoms with Crippen LogP contribution in [0.1, 0.15) is 5.56 Å². The molecule has 0 aliphatic heterocycles. The third-order valence-corrected chi connectivity index (χ3v) is 6.83. The van der Waals surface area contributed by atoms with E-state index < -0.39 is 22.0 Å². The zero-order valence-corrected chi connectivity index (χ0v) is 19.2. The average Bonchev–Trinajstić information content (AvgIpc) is 2.85. The van der Waals surface area contributed by atoms with Crippen LogP contribution in [0.4, 0.5) is 11.4 Å². The first-order valence-corrected chi connectivity index (χ1v) is 12.1. The molecule has 7 nitrogen and oxygen atoms in total. The second kappa shape index (κ2) is 9.84. The fourth-order valence-electron chi connectivity index (χ4n) is 3.71. The quantitative estimate of drug-likeness (QED) is 0.322. The van der Waals surface area contributed by atoms with E-state index in [1.807, 2.05) is 42.5 Å². The molecule has 0 bridgehead atoms. The Morgan fingerprint density at radius 2 is 1.44 bits per heavy atom. The van der Waals surface area contributed by atoms with E-state index in [1.165, 1.54) is 19.2 Å². The van der Waals surface area contributed by atoms with Gasteiger partial charge in [-0.3, -0.25) is 4.72 Å². The lowest BCUT2D eigenvalue weighted by atomic mass is 10.0. The molecule has 0 saturated heterocycles. The second-order valence-electron chi connectivity index (χ2n) is 7.71. The monoisotopic (exact) mass is 476 g/mol. The molecule has 0 aromatic heterocycles. The highest BCUT2D eigenvalue weighted by molar-refractivity contribution is 7.92. The van der Waals surface area contributed by atoms with Gasteiger partial charge < -0.3 is 15.2 Å².